The summed E-state index contributed by atoms with van der Waals surface area (Å²) in [5.41, 5.74) is -0.143. The number of rotatable bonds is 12. The largest absolute Gasteiger partial charge is 0.489 e. The molecule has 4 heterocycles. The molecule has 7 aliphatic rings. The van der Waals surface area contributed by atoms with E-state index in [0.29, 0.717) is 81.7 Å². The molecular formula is C49H68N6O11S2. The van der Waals surface area contributed by atoms with E-state index >= 15 is 4.79 Å². The molecule has 19 heteroatoms. The molecule has 68 heavy (non-hydrogen) atoms. The first-order valence-electron chi connectivity index (χ1n) is 24.9. The quantitative estimate of drug-likeness (QED) is 0.246. The van der Waals surface area contributed by atoms with Gasteiger partial charge < -0.3 is 34.6 Å². The number of hydrogen-bond acceptors (Lipinski definition) is 13. The standard InChI is InChI=1S/C49H68N6O11S2/c1-4-33-29-49(33,46(58)53-68(62,63)48(2)21-22-48)52-43(56)39-28-35-30-55(39)45(57)41(31-13-7-5-8-14-31)51-47(59)66-40-27-32(40)15-9-6-10-17-37-42(36-16-11-12-18-38(36)50-44(37)65-35)64-34-19-23-54(24-20-34)25-26-67(3,60)61/h4,11-12,16,18,31-35,39-41H,1,5-10,13-15,17,19-30H2,2-3H3,(H,51,59)(H,52,56)(H,53,58)/t32?,33-,35-,39+,40-,41+,49-/m1/s1. The van der Waals surface area contributed by atoms with Gasteiger partial charge in [-0.05, 0) is 102 Å². The van der Waals surface area contributed by atoms with Crippen molar-refractivity contribution in [3.63, 3.8) is 0 Å². The number of fused-ring (bicyclic) bond motifs is 5. The van der Waals surface area contributed by atoms with Gasteiger partial charge in [0.15, 0.2) is 0 Å². The van der Waals surface area contributed by atoms with Crippen molar-refractivity contribution < 1.29 is 50.2 Å². The van der Waals surface area contributed by atoms with Crippen LogP contribution in [0.3, 0.4) is 0 Å². The topological polar surface area (TPSA) is 220 Å². The molecule has 17 nitrogen and oxygen atoms in total. The lowest BCUT2D eigenvalue weighted by Crippen LogP contribution is -2.59. The fraction of sp³-hybridized carbons (Fsp3) is 0.694. The van der Waals surface area contributed by atoms with Crippen LogP contribution in [0.15, 0.2) is 36.9 Å². The number of ether oxygens (including phenoxy) is 3. The molecular weight excluding hydrogens is 913 g/mol. The number of para-hydroxylation sites is 1. The minimum absolute atomic E-state index is 0.0199. The highest BCUT2D eigenvalue weighted by Crippen LogP contribution is 2.48. The van der Waals surface area contributed by atoms with Crippen LogP contribution in [0.25, 0.3) is 10.9 Å². The van der Waals surface area contributed by atoms with E-state index in [2.05, 4.69) is 26.8 Å². The number of aromatic nitrogens is 1. The van der Waals surface area contributed by atoms with Crippen LogP contribution in [0, 0.1) is 17.8 Å². The number of piperidine rings is 1. The normalized spacial score (nSPS) is 30.5. The van der Waals surface area contributed by atoms with E-state index in [1.165, 1.54) is 17.2 Å². The lowest BCUT2D eigenvalue weighted by atomic mass is 9.83. The number of carbonyl (C=O) groups excluding carboxylic acids is 4. The van der Waals surface area contributed by atoms with E-state index in [9.17, 15) is 31.2 Å². The predicted molar refractivity (Wildman–Crippen MR) is 254 cm³/mol. The van der Waals surface area contributed by atoms with Crippen molar-refractivity contribution in [2.75, 3.05) is 38.2 Å². The summed E-state index contributed by atoms with van der Waals surface area (Å²) in [6, 6.07) is 5.59. The van der Waals surface area contributed by atoms with E-state index in [1.54, 1.807) is 6.92 Å². The van der Waals surface area contributed by atoms with Gasteiger partial charge in [0.05, 0.1) is 28.1 Å². The Morgan fingerprint density at radius 1 is 0.956 bits per heavy atom. The Kier molecular flexibility index (Phi) is 13.8. The van der Waals surface area contributed by atoms with Crippen LogP contribution in [-0.2, 0) is 45.4 Å². The van der Waals surface area contributed by atoms with Crippen molar-refractivity contribution in [3.05, 3.63) is 42.5 Å². The Hall–Kier alpha value is -4.49. The molecule has 2 saturated heterocycles. The molecule has 1 unspecified atom stereocenters. The van der Waals surface area contributed by atoms with Crippen molar-refractivity contribution in [1.82, 2.24) is 30.1 Å². The number of carbonyl (C=O) groups is 4. The van der Waals surface area contributed by atoms with Gasteiger partial charge in [-0.25, -0.2) is 26.6 Å². The number of sulfone groups is 1. The van der Waals surface area contributed by atoms with Gasteiger partial charge in [0.2, 0.25) is 27.7 Å². The monoisotopic (exact) mass is 980 g/mol. The second-order valence-corrected chi connectivity index (χ2v) is 25.4. The van der Waals surface area contributed by atoms with Gasteiger partial charge in [0.1, 0.15) is 51.5 Å². The van der Waals surface area contributed by atoms with Crippen LogP contribution >= 0.6 is 0 Å². The predicted octanol–water partition coefficient (Wildman–Crippen LogP) is 4.71. The van der Waals surface area contributed by atoms with Crippen LogP contribution in [-0.4, -0.2) is 134 Å². The number of sulfonamides is 1. The molecule has 0 spiro atoms. The van der Waals surface area contributed by atoms with E-state index < -0.39 is 78.1 Å². The lowest BCUT2D eigenvalue weighted by Gasteiger charge is -2.34. The molecule has 0 radical (unpaired) electrons. The number of alkyl carbamates (subject to hydrolysis) is 1. The van der Waals surface area contributed by atoms with Crippen molar-refractivity contribution in [1.29, 1.82) is 0 Å². The molecule has 3 N–H and O–H groups in total. The average molecular weight is 981 g/mol. The van der Waals surface area contributed by atoms with Crippen LogP contribution in [0.4, 0.5) is 4.79 Å². The third-order valence-electron chi connectivity index (χ3n) is 15.8. The molecule has 4 saturated carbocycles. The Balaban J connectivity index is 1.04. The summed E-state index contributed by atoms with van der Waals surface area (Å²) >= 11 is 0. The second-order valence-electron chi connectivity index (χ2n) is 21.0. The summed E-state index contributed by atoms with van der Waals surface area (Å²) < 4.78 is 71.4. The van der Waals surface area contributed by atoms with Crippen molar-refractivity contribution in [2.24, 2.45) is 17.8 Å². The summed E-state index contributed by atoms with van der Waals surface area (Å²) in [4.78, 5) is 66.3. The Bertz CT molecular complexity index is 2500. The molecule has 7 atom stereocenters. The SMILES string of the molecule is C=C[C@@H]1C[C@]1(NC(=O)[C@@H]1C[C@@H]2CN1C(=O)[C@H](C1CCCCC1)NC(=O)O[C@@H]1CC1CCCCCc1c(nc3ccccc3c1OC1CCN(CCS(C)(=O)=O)CC1)O2)C(=O)NS(=O)(=O)C1(C)CC1. The van der Waals surface area contributed by atoms with Crippen molar-refractivity contribution in [2.45, 2.75) is 157 Å². The second kappa shape index (κ2) is 19.4. The molecule has 9 rings (SSSR count). The molecule has 4 amide bonds. The first-order chi connectivity index (χ1) is 32.5. The Morgan fingerprint density at radius 2 is 1.66 bits per heavy atom. The van der Waals surface area contributed by atoms with Crippen LogP contribution in [0.5, 0.6) is 11.6 Å². The Morgan fingerprint density at radius 3 is 2.35 bits per heavy atom. The van der Waals surface area contributed by atoms with Gasteiger partial charge in [-0.1, -0.05) is 50.3 Å². The zero-order valence-corrected chi connectivity index (χ0v) is 41.1. The maximum absolute atomic E-state index is 15.2. The number of amides is 4. The van der Waals surface area contributed by atoms with Gasteiger partial charge in [-0.2, -0.15) is 0 Å². The molecule has 1 aromatic carbocycles. The summed E-state index contributed by atoms with van der Waals surface area (Å²) in [5.74, 6) is -1.33. The molecule has 1 aromatic heterocycles. The number of benzene rings is 1. The minimum atomic E-state index is -4.03. The first kappa shape index (κ1) is 48.5. The third-order valence-corrected chi connectivity index (χ3v) is 18.9. The molecule has 6 fully saturated rings. The van der Waals surface area contributed by atoms with Crippen LogP contribution < -0.4 is 24.8 Å². The fourth-order valence-electron chi connectivity index (χ4n) is 10.9. The van der Waals surface area contributed by atoms with Gasteiger partial charge in [-0.3, -0.25) is 19.1 Å². The molecule has 372 valence electrons. The summed E-state index contributed by atoms with van der Waals surface area (Å²) in [6.45, 7) is 7.26. The van der Waals surface area contributed by atoms with Crippen LogP contribution in [0.2, 0.25) is 0 Å². The van der Waals surface area contributed by atoms with Gasteiger partial charge in [0, 0.05) is 43.6 Å². The number of hydrogen-bond donors (Lipinski definition) is 3. The summed E-state index contributed by atoms with van der Waals surface area (Å²) in [7, 11) is -7.13. The molecule has 2 aromatic rings. The lowest BCUT2D eigenvalue weighted by molar-refractivity contribution is -0.142. The van der Waals surface area contributed by atoms with Crippen molar-refractivity contribution in [3.8, 4) is 11.6 Å². The third kappa shape index (κ3) is 10.6. The van der Waals surface area contributed by atoms with E-state index in [4.69, 9.17) is 19.2 Å². The number of pyridine rings is 1. The highest BCUT2D eigenvalue weighted by molar-refractivity contribution is 7.91. The van der Waals surface area contributed by atoms with E-state index in [-0.39, 0.29) is 49.2 Å². The van der Waals surface area contributed by atoms with E-state index in [1.807, 2.05) is 24.3 Å². The fourth-order valence-corrected chi connectivity index (χ4v) is 12.8. The molecule has 3 aliphatic heterocycles. The van der Waals surface area contributed by atoms with Gasteiger partial charge in [0.25, 0.3) is 5.91 Å². The van der Waals surface area contributed by atoms with Gasteiger partial charge in [-0.15, -0.1) is 6.58 Å². The highest BCUT2D eigenvalue weighted by atomic mass is 32.2. The number of nitrogens with zero attached hydrogens (tertiary/aromatic N) is 3. The van der Waals surface area contributed by atoms with E-state index in [0.717, 1.165) is 62.3 Å². The summed E-state index contributed by atoms with van der Waals surface area (Å²) in [5, 5.41) is 6.69. The average Bonchev–Trinajstić information content (AvgIpc) is 4.27. The smallest absolute Gasteiger partial charge is 0.408 e. The molecule has 4 aliphatic carbocycles. The zero-order valence-electron chi connectivity index (χ0n) is 39.4. The minimum Gasteiger partial charge on any atom is -0.489 e. The van der Waals surface area contributed by atoms with Crippen molar-refractivity contribution >= 4 is 54.6 Å². The zero-order chi connectivity index (χ0) is 48.0. The number of nitrogens with one attached hydrogen (secondary N) is 3. The Labute approximate surface area is 400 Å². The first-order valence-corrected chi connectivity index (χ1v) is 28.4. The maximum atomic E-state index is 15.2. The molecule has 2 bridgehead atoms. The highest BCUT2D eigenvalue weighted by Gasteiger charge is 2.63. The van der Waals surface area contributed by atoms with Crippen LogP contribution in [0.1, 0.15) is 115 Å². The maximum Gasteiger partial charge on any atom is 0.408 e. The number of likely N-dealkylation sites (tertiary alicyclic amines) is 1. The summed E-state index contributed by atoms with van der Waals surface area (Å²) in [6.07, 6.45) is 12.4. The van der Waals surface area contributed by atoms with Gasteiger partial charge >= 0.3 is 6.09 Å².